The van der Waals surface area contributed by atoms with Gasteiger partial charge in [0.1, 0.15) is 0 Å². The molecule has 19 heavy (non-hydrogen) atoms. The van der Waals surface area contributed by atoms with E-state index in [1.54, 1.807) is 6.07 Å². The van der Waals surface area contributed by atoms with Crippen LogP contribution in [0.2, 0.25) is 0 Å². The zero-order valence-corrected chi connectivity index (χ0v) is 12.0. The highest BCUT2D eigenvalue weighted by atomic mass is 19.2. The van der Waals surface area contributed by atoms with Gasteiger partial charge in [0.25, 0.3) is 0 Å². The first-order chi connectivity index (χ1) is 8.89. The van der Waals surface area contributed by atoms with Gasteiger partial charge in [0, 0.05) is 11.1 Å². The molecule has 5 heteroatoms. The lowest BCUT2D eigenvalue weighted by Crippen LogP contribution is -2.54. The standard InChI is InChI=1S/C14H23F2N3/c1-5-19(6-2)14(3,4)13(18-17)10-8-7-9-11(15)12(10)16/h7-9,13,18H,5-6,17H2,1-4H3. The fourth-order valence-electron chi connectivity index (χ4n) is 2.64. The van der Waals surface area contributed by atoms with Crippen LogP contribution in [0.1, 0.15) is 39.3 Å². The molecule has 0 spiro atoms. The van der Waals surface area contributed by atoms with Gasteiger partial charge in [-0.3, -0.25) is 16.2 Å². The van der Waals surface area contributed by atoms with Crippen LogP contribution in [0.3, 0.4) is 0 Å². The van der Waals surface area contributed by atoms with Crippen molar-refractivity contribution >= 4 is 0 Å². The first-order valence-electron chi connectivity index (χ1n) is 6.55. The molecule has 1 unspecified atom stereocenters. The Hall–Kier alpha value is -1.04. The molecule has 1 aromatic rings. The van der Waals surface area contributed by atoms with Gasteiger partial charge in [-0.05, 0) is 33.0 Å². The number of benzene rings is 1. The Labute approximate surface area is 113 Å². The van der Waals surface area contributed by atoms with Gasteiger partial charge in [0.05, 0.1) is 6.04 Å². The van der Waals surface area contributed by atoms with Gasteiger partial charge >= 0.3 is 0 Å². The van der Waals surface area contributed by atoms with Crippen LogP contribution >= 0.6 is 0 Å². The van der Waals surface area contributed by atoms with Gasteiger partial charge in [-0.1, -0.05) is 26.0 Å². The Morgan fingerprint density at radius 3 is 2.32 bits per heavy atom. The number of likely N-dealkylation sites (N-methyl/N-ethyl adjacent to an activating group) is 1. The first kappa shape index (κ1) is 16.0. The molecule has 3 nitrogen and oxygen atoms in total. The Kier molecular flexibility index (Phi) is 5.40. The SMILES string of the molecule is CCN(CC)C(C)(C)C(NN)c1cccc(F)c1F. The largest absolute Gasteiger partial charge is 0.297 e. The van der Waals surface area contributed by atoms with Crippen LogP contribution in [0.15, 0.2) is 18.2 Å². The summed E-state index contributed by atoms with van der Waals surface area (Å²) >= 11 is 0. The van der Waals surface area contributed by atoms with Crippen LogP contribution in [0.4, 0.5) is 8.78 Å². The summed E-state index contributed by atoms with van der Waals surface area (Å²) in [6, 6.07) is 3.67. The lowest BCUT2D eigenvalue weighted by molar-refractivity contribution is 0.0894. The van der Waals surface area contributed by atoms with Crippen LogP contribution in [-0.4, -0.2) is 23.5 Å². The second kappa shape index (κ2) is 6.41. The summed E-state index contributed by atoms with van der Waals surface area (Å²) in [4.78, 5) is 2.15. The number of hydrazine groups is 1. The molecule has 0 heterocycles. The molecule has 0 radical (unpaired) electrons. The molecular formula is C14H23F2N3. The molecule has 0 aliphatic rings. The van der Waals surface area contributed by atoms with E-state index >= 15 is 0 Å². The maximum atomic E-state index is 14.0. The average Bonchev–Trinajstić information content (AvgIpc) is 2.36. The molecule has 0 amide bonds. The van der Waals surface area contributed by atoms with E-state index < -0.39 is 23.2 Å². The first-order valence-corrected chi connectivity index (χ1v) is 6.55. The number of hydrogen-bond acceptors (Lipinski definition) is 3. The Morgan fingerprint density at radius 1 is 1.26 bits per heavy atom. The molecular weight excluding hydrogens is 248 g/mol. The van der Waals surface area contributed by atoms with Crippen molar-refractivity contribution < 1.29 is 8.78 Å². The Morgan fingerprint density at radius 2 is 1.84 bits per heavy atom. The maximum Gasteiger partial charge on any atom is 0.163 e. The summed E-state index contributed by atoms with van der Waals surface area (Å²) in [7, 11) is 0. The van der Waals surface area contributed by atoms with Crippen LogP contribution < -0.4 is 11.3 Å². The fourth-order valence-corrected chi connectivity index (χ4v) is 2.64. The van der Waals surface area contributed by atoms with Crippen molar-refractivity contribution in [3.63, 3.8) is 0 Å². The number of nitrogens with one attached hydrogen (secondary N) is 1. The summed E-state index contributed by atoms with van der Waals surface area (Å²) < 4.78 is 27.3. The molecule has 0 fully saturated rings. The normalized spacial score (nSPS) is 13.9. The predicted octanol–water partition coefficient (Wildman–Crippen LogP) is 2.59. The fraction of sp³-hybridized carbons (Fsp3) is 0.571. The smallest absolute Gasteiger partial charge is 0.163 e. The number of halogens is 2. The number of nitrogens with two attached hydrogens (primary N) is 1. The van der Waals surface area contributed by atoms with Gasteiger partial charge < -0.3 is 0 Å². The van der Waals surface area contributed by atoms with Gasteiger partial charge in [0.15, 0.2) is 11.6 Å². The van der Waals surface area contributed by atoms with Crippen molar-refractivity contribution in [3.8, 4) is 0 Å². The zero-order valence-electron chi connectivity index (χ0n) is 12.0. The van der Waals surface area contributed by atoms with E-state index in [-0.39, 0.29) is 5.56 Å². The van der Waals surface area contributed by atoms with Crippen LogP contribution in [0.5, 0.6) is 0 Å². The van der Waals surface area contributed by atoms with Crippen LogP contribution in [-0.2, 0) is 0 Å². The van der Waals surface area contributed by atoms with Crippen molar-refractivity contribution in [1.29, 1.82) is 0 Å². The van der Waals surface area contributed by atoms with E-state index in [1.807, 2.05) is 27.7 Å². The van der Waals surface area contributed by atoms with E-state index in [2.05, 4.69) is 10.3 Å². The van der Waals surface area contributed by atoms with Crippen molar-refractivity contribution in [2.75, 3.05) is 13.1 Å². The molecule has 108 valence electrons. The minimum Gasteiger partial charge on any atom is -0.297 e. The van der Waals surface area contributed by atoms with Crippen molar-refractivity contribution in [2.45, 2.75) is 39.3 Å². The number of hydrogen-bond donors (Lipinski definition) is 2. The maximum absolute atomic E-state index is 14.0. The van der Waals surface area contributed by atoms with E-state index in [0.29, 0.717) is 0 Å². The van der Waals surface area contributed by atoms with Crippen molar-refractivity contribution in [1.82, 2.24) is 10.3 Å². The quantitative estimate of drug-likeness (QED) is 0.617. The molecule has 3 N–H and O–H groups in total. The number of nitrogens with zero attached hydrogens (tertiary/aromatic N) is 1. The minimum atomic E-state index is -0.854. The number of rotatable bonds is 6. The van der Waals surface area contributed by atoms with E-state index in [4.69, 9.17) is 5.84 Å². The van der Waals surface area contributed by atoms with E-state index in [1.165, 1.54) is 6.07 Å². The third-order valence-electron chi connectivity index (χ3n) is 3.74. The topological polar surface area (TPSA) is 41.3 Å². The van der Waals surface area contributed by atoms with E-state index in [0.717, 1.165) is 19.2 Å². The molecule has 0 aliphatic carbocycles. The molecule has 0 aromatic heterocycles. The summed E-state index contributed by atoms with van der Waals surface area (Å²) in [5.41, 5.74) is 2.44. The highest BCUT2D eigenvalue weighted by molar-refractivity contribution is 5.25. The second-order valence-corrected chi connectivity index (χ2v) is 5.07. The summed E-state index contributed by atoms with van der Waals surface area (Å²) in [6.45, 7) is 9.60. The Bertz CT molecular complexity index is 417. The molecule has 0 bridgehead atoms. The molecule has 1 atom stereocenters. The third-order valence-corrected chi connectivity index (χ3v) is 3.74. The summed E-state index contributed by atoms with van der Waals surface area (Å²) in [5, 5.41) is 0. The molecule has 0 saturated heterocycles. The highest BCUT2D eigenvalue weighted by Gasteiger charge is 2.36. The van der Waals surface area contributed by atoms with Gasteiger partial charge in [-0.2, -0.15) is 0 Å². The molecule has 1 rings (SSSR count). The van der Waals surface area contributed by atoms with Crippen LogP contribution in [0.25, 0.3) is 0 Å². The predicted molar refractivity (Wildman–Crippen MR) is 73.4 cm³/mol. The molecule has 0 aliphatic heterocycles. The lowest BCUT2D eigenvalue weighted by atomic mass is 9.87. The summed E-state index contributed by atoms with van der Waals surface area (Å²) in [6.07, 6.45) is 0. The van der Waals surface area contributed by atoms with Gasteiger partial charge in [0.2, 0.25) is 0 Å². The van der Waals surface area contributed by atoms with Crippen LogP contribution in [0, 0.1) is 11.6 Å². The lowest BCUT2D eigenvalue weighted by Gasteiger charge is -2.43. The zero-order chi connectivity index (χ0) is 14.6. The summed E-state index contributed by atoms with van der Waals surface area (Å²) in [5.74, 6) is 3.90. The average molecular weight is 271 g/mol. The molecule has 1 aromatic carbocycles. The van der Waals surface area contributed by atoms with E-state index in [9.17, 15) is 8.78 Å². The van der Waals surface area contributed by atoms with Crippen molar-refractivity contribution in [2.24, 2.45) is 5.84 Å². The molecule has 0 saturated carbocycles. The van der Waals surface area contributed by atoms with Gasteiger partial charge in [-0.15, -0.1) is 0 Å². The van der Waals surface area contributed by atoms with Gasteiger partial charge in [-0.25, -0.2) is 8.78 Å². The Balaban J connectivity index is 3.22. The third kappa shape index (κ3) is 3.11. The highest BCUT2D eigenvalue weighted by Crippen LogP contribution is 2.32. The minimum absolute atomic E-state index is 0.249. The van der Waals surface area contributed by atoms with Crippen molar-refractivity contribution in [3.05, 3.63) is 35.4 Å². The monoisotopic (exact) mass is 271 g/mol. The second-order valence-electron chi connectivity index (χ2n) is 5.07.